The van der Waals surface area contributed by atoms with Crippen LogP contribution in [0.1, 0.15) is 25.1 Å². The van der Waals surface area contributed by atoms with Crippen molar-refractivity contribution in [3.05, 3.63) is 35.5 Å². The Morgan fingerprint density at radius 3 is 2.89 bits per heavy atom. The number of aromatic amines is 1. The van der Waals surface area contributed by atoms with Gasteiger partial charge in [0.05, 0.1) is 11.6 Å². The maximum atomic E-state index is 10.4. The normalized spacial score (nSPS) is 14.3. The predicted octanol–water partition coefficient (Wildman–Crippen LogP) is 3.00. The molecule has 0 unspecified atom stereocenters. The van der Waals surface area contributed by atoms with Crippen molar-refractivity contribution >= 4 is 22.7 Å². The number of nitriles is 1. The van der Waals surface area contributed by atoms with Gasteiger partial charge in [-0.25, -0.2) is 0 Å². The maximum absolute atomic E-state index is 10.4. The minimum Gasteiger partial charge on any atom is -0.383 e. The fourth-order valence-corrected chi connectivity index (χ4v) is 2.63. The van der Waals surface area contributed by atoms with Crippen LogP contribution in [0.25, 0.3) is 10.9 Å². The Balaban J connectivity index is 2.38. The summed E-state index contributed by atoms with van der Waals surface area (Å²) in [5.41, 5.74) is 1.52. The summed E-state index contributed by atoms with van der Waals surface area (Å²) >= 11 is 1.71. The van der Waals surface area contributed by atoms with Crippen molar-refractivity contribution in [1.29, 1.82) is 5.26 Å². The summed E-state index contributed by atoms with van der Waals surface area (Å²) in [7, 11) is 0. The zero-order chi connectivity index (χ0) is 13.2. The molecular formula is C14H16N2OS. The Morgan fingerprint density at radius 1 is 1.44 bits per heavy atom. The van der Waals surface area contributed by atoms with Gasteiger partial charge in [0.2, 0.25) is 0 Å². The van der Waals surface area contributed by atoms with E-state index < -0.39 is 5.60 Å². The van der Waals surface area contributed by atoms with Crippen molar-refractivity contribution in [3.8, 4) is 6.07 Å². The van der Waals surface area contributed by atoms with E-state index >= 15 is 0 Å². The molecule has 2 N–H and O–H groups in total. The van der Waals surface area contributed by atoms with Gasteiger partial charge in [0, 0.05) is 22.3 Å². The molecule has 1 atom stereocenters. The molecule has 0 amide bonds. The minimum absolute atomic E-state index is 0.635. The standard InChI is InChI=1S/C14H16N2OS/c1-3-18-9-14(2,17)13-7-11-6-10(8-15)4-5-12(11)16-13/h4-7,16-17H,3,9H2,1-2H3/t14-/m0/s1. The highest BCUT2D eigenvalue weighted by molar-refractivity contribution is 7.99. The molecule has 1 heterocycles. The number of hydrogen-bond donors (Lipinski definition) is 2. The Bertz CT molecular complexity index is 595. The van der Waals surface area contributed by atoms with Crippen LogP contribution in [-0.2, 0) is 5.60 Å². The second kappa shape index (κ2) is 5.05. The summed E-state index contributed by atoms with van der Waals surface area (Å²) in [5.74, 6) is 1.64. The van der Waals surface area contributed by atoms with Crippen LogP contribution in [0.4, 0.5) is 0 Å². The van der Waals surface area contributed by atoms with Gasteiger partial charge in [-0.1, -0.05) is 6.92 Å². The van der Waals surface area contributed by atoms with Crippen molar-refractivity contribution in [2.75, 3.05) is 11.5 Å². The molecule has 18 heavy (non-hydrogen) atoms. The smallest absolute Gasteiger partial charge is 0.110 e. The molecule has 3 nitrogen and oxygen atoms in total. The van der Waals surface area contributed by atoms with E-state index in [0.29, 0.717) is 11.3 Å². The zero-order valence-electron chi connectivity index (χ0n) is 10.5. The number of H-pyrrole nitrogens is 1. The number of aliphatic hydroxyl groups is 1. The average Bonchev–Trinajstić information content (AvgIpc) is 2.79. The summed E-state index contributed by atoms with van der Waals surface area (Å²) in [6.45, 7) is 3.89. The Kier molecular flexibility index (Phi) is 3.65. The van der Waals surface area contributed by atoms with Gasteiger partial charge in [0.25, 0.3) is 0 Å². The first-order valence-corrected chi connectivity index (χ1v) is 7.06. The van der Waals surface area contributed by atoms with Gasteiger partial charge in [0.15, 0.2) is 0 Å². The predicted molar refractivity (Wildman–Crippen MR) is 75.6 cm³/mol. The van der Waals surface area contributed by atoms with Crippen molar-refractivity contribution in [1.82, 2.24) is 4.98 Å². The quantitative estimate of drug-likeness (QED) is 0.888. The number of nitrogens with one attached hydrogen (secondary N) is 1. The van der Waals surface area contributed by atoms with Crippen LogP contribution >= 0.6 is 11.8 Å². The molecule has 0 spiro atoms. The van der Waals surface area contributed by atoms with E-state index in [9.17, 15) is 5.11 Å². The van der Waals surface area contributed by atoms with Crippen molar-refractivity contribution in [2.45, 2.75) is 19.4 Å². The third-order valence-electron chi connectivity index (χ3n) is 2.92. The molecule has 0 bridgehead atoms. The van der Waals surface area contributed by atoms with Crippen LogP contribution in [-0.4, -0.2) is 21.6 Å². The summed E-state index contributed by atoms with van der Waals surface area (Å²) in [4.78, 5) is 3.22. The summed E-state index contributed by atoms with van der Waals surface area (Å²) < 4.78 is 0. The number of thioether (sulfide) groups is 1. The minimum atomic E-state index is -0.869. The highest BCUT2D eigenvalue weighted by Gasteiger charge is 2.24. The fraction of sp³-hybridized carbons (Fsp3) is 0.357. The molecule has 0 aliphatic heterocycles. The summed E-state index contributed by atoms with van der Waals surface area (Å²) in [6.07, 6.45) is 0. The summed E-state index contributed by atoms with van der Waals surface area (Å²) in [6, 6.07) is 9.53. The number of benzene rings is 1. The Labute approximate surface area is 111 Å². The summed E-state index contributed by atoms with van der Waals surface area (Å²) in [5, 5.41) is 20.3. The molecule has 1 aromatic heterocycles. The van der Waals surface area contributed by atoms with Crippen LogP contribution in [0.3, 0.4) is 0 Å². The molecule has 1 aromatic carbocycles. The van der Waals surface area contributed by atoms with Gasteiger partial charge in [-0.15, -0.1) is 0 Å². The van der Waals surface area contributed by atoms with Crippen LogP contribution in [0, 0.1) is 11.3 Å². The number of fused-ring (bicyclic) bond motifs is 1. The Morgan fingerprint density at radius 2 is 2.22 bits per heavy atom. The van der Waals surface area contributed by atoms with Crippen LogP contribution in [0.5, 0.6) is 0 Å². The lowest BCUT2D eigenvalue weighted by molar-refractivity contribution is 0.0800. The van der Waals surface area contributed by atoms with Crippen LogP contribution in [0.2, 0.25) is 0 Å². The first kappa shape index (κ1) is 13.0. The van der Waals surface area contributed by atoms with Gasteiger partial charge in [-0.05, 0) is 36.9 Å². The van der Waals surface area contributed by atoms with E-state index in [1.54, 1.807) is 17.8 Å². The van der Waals surface area contributed by atoms with Gasteiger partial charge in [0.1, 0.15) is 5.60 Å². The third-order valence-corrected chi connectivity index (χ3v) is 4.09. The number of aromatic nitrogens is 1. The number of rotatable bonds is 4. The van der Waals surface area contributed by atoms with E-state index in [1.165, 1.54) is 0 Å². The van der Waals surface area contributed by atoms with E-state index in [0.717, 1.165) is 22.3 Å². The molecule has 0 radical (unpaired) electrons. The van der Waals surface area contributed by atoms with Crippen molar-refractivity contribution < 1.29 is 5.11 Å². The SMILES string of the molecule is CCSC[C@](C)(O)c1cc2cc(C#N)ccc2[nH]1. The monoisotopic (exact) mass is 260 g/mol. The first-order valence-electron chi connectivity index (χ1n) is 5.90. The molecule has 0 aliphatic rings. The fourth-order valence-electron chi connectivity index (χ4n) is 1.87. The lowest BCUT2D eigenvalue weighted by Gasteiger charge is -2.21. The van der Waals surface area contributed by atoms with Crippen LogP contribution < -0.4 is 0 Å². The topological polar surface area (TPSA) is 59.8 Å². The third kappa shape index (κ3) is 2.53. The van der Waals surface area contributed by atoms with Gasteiger partial charge in [-0.3, -0.25) is 0 Å². The van der Waals surface area contributed by atoms with E-state index in [-0.39, 0.29) is 0 Å². The molecule has 0 saturated carbocycles. The van der Waals surface area contributed by atoms with E-state index in [1.807, 2.05) is 25.1 Å². The van der Waals surface area contributed by atoms with Crippen LogP contribution in [0.15, 0.2) is 24.3 Å². The highest BCUT2D eigenvalue weighted by atomic mass is 32.2. The highest BCUT2D eigenvalue weighted by Crippen LogP contribution is 2.28. The molecule has 0 fully saturated rings. The number of nitrogens with zero attached hydrogens (tertiary/aromatic N) is 1. The second-order valence-corrected chi connectivity index (χ2v) is 5.78. The second-order valence-electron chi connectivity index (χ2n) is 4.51. The Hall–Kier alpha value is -1.44. The average molecular weight is 260 g/mol. The van der Waals surface area contributed by atoms with Gasteiger partial charge < -0.3 is 10.1 Å². The van der Waals surface area contributed by atoms with Gasteiger partial charge in [-0.2, -0.15) is 17.0 Å². The first-order chi connectivity index (χ1) is 8.56. The molecule has 94 valence electrons. The molecule has 0 aliphatic carbocycles. The molecule has 2 rings (SSSR count). The van der Waals surface area contributed by atoms with Gasteiger partial charge >= 0.3 is 0 Å². The molecular weight excluding hydrogens is 244 g/mol. The molecule has 4 heteroatoms. The van der Waals surface area contributed by atoms with Crippen molar-refractivity contribution in [3.63, 3.8) is 0 Å². The van der Waals surface area contributed by atoms with E-state index in [2.05, 4.69) is 18.0 Å². The molecule has 2 aromatic rings. The lowest BCUT2D eigenvalue weighted by Crippen LogP contribution is -2.24. The molecule has 0 saturated heterocycles. The lowest BCUT2D eigenvalue weighted by atomic mass is 10.1. The van der Waals surface area contributed by atoms with Crippen molar-refractivity contribution in [2.24, 2.45) is 0 Å². The maximum Gasteiger partial charge on any atom is 0.110 e. The zero-order valence-corrected chi connectivity index (χ0v) is 11.3. The van der Waals surface area contributed by atoms with E-state index in [4.69, 9.17) is 5.26 Å². The number of hydrogen-bond acceptors (Lipinski definition) is 3. The largest absolute Gasteiger partial charge is 0.383 e.